The van der Waals surface area contributed by atoms with Gasteiger partial charge in [0.2, 0.25) is 0 Å². The molecular formula is C14H23Br2N3OS. The van der Waals surface area contributed by atoms with Crippen LogP contribution in [0.15, 0.2) is 19.3 Å². The van der Waals surface area contributed by atoms with E-state index in [1.165, 1.54) is 0 Å². The smallest absolute Gasteiger partial charge is 0.191 e. The molecular weight excluding hydrogens is 418 g/mol. The zero-order valence-electron chi connectivity index (χ0n) is 13.3. The van der Waals surface area contributed by atoms with Crippen LogP contribution in [-0.2, 0) is 10.3 Å². The number of aldehydes is 1. The molecule has 0 aliphatic rings. The molecule has 0 bridgehead atoms. The van der Waals surface area contributed by atoms with Gasteiger partial charge in [-0.1, -0.05) is 20.8 Å². The van der Waals surface area contributed by atoms with E-state index in [4.69, 9.17) is 5.73 Å². The molecule has 1 rings (SSSR count). The molecule has 1 heterocycles. The van der Waals surface area contributed by atoms with Gasteiger partial charge in [-0.2, -0.15) is 0 Å². The minimum atomic E-state index is -0.689. The zero-order chi connectivity index (χ0) is 16.8. The molecule has 0 spiro atoms. The Balaban J connectivity index is 0.00000191. The van der Waals surface area contributed by atoms with Gasteiger partial charge < -0.3 is 15.4 Å². The van der Waals surface area contributed by atoms with Crippen LogP contribution in [0.5, 0.6) is 0 Å². The van der Waals surface area contributed by atoms with Crippen molar-refractivity contribution in [3.05, 3.63) is 19.2 Å². The SMILES string of the molecule is CC.CC(C=O)C(C)(N=C(N)N(C)C)c1scc(Br)c1Br. The maximum Gasteiger partial charge on any atom is 0.191 e. The fourth-order valence-electron chi connectivity index (χ4n) is 1.49. The van der Waals surface area contributed by atoms with E-state index in [0.717, 1.165) is 20.1 Å². The fourth-order valence-corrected chi connectivity index (χ4v) is 4.07. The highest BCUT2D eigenvalue weighted by atomic mass is 79.9. The lowest BCUT2D eigenvalue weighted by Gasteiger charge is -2.29. The van der Waals surface area contributed by atoms with E-state index in [1.54, 1.807) is 16.2 Å². The summed E-state index contributed by atoms with van der Waals surface area (Å²) in [7, 11) is 3.65. The van der Waals surface area contributed by atoms with Gasteiger partial charge in [-0.25, -0.2) is 4.99 Å². The zero-order valence-corrected chi connectivity index (χ0v) is 17.3. The van der Waals surface area contributed by atoms with Crippen LogP contribution >= 0.6 is 43.2 Å². The van der Waals surface area contributed by atoms with E-state index in [2.05, 4.69) is 36.9 Å². The van der Waals surface area contributed by atoms with Gasteiger partial charge in [0.25, 0.3) is 0 Å². The van der Waals surface area contributed by atoms with Crippen molar-refractivity contribution in [1.82, 2.24) is 4.90 Å². The molecule has 0 amide bonds. The predicted molar refractivity (Wildman–Crippen MR) is 99.0 cm³/mol. The number of guanidine groups is 1. The summed E-state index contributed by atoms with van der Waals surface area (Å²) in [6.45, 7) is 7.77. The maximum atomic E-state index is 11.2. The first kappa shape index (κ1) is 20.6. The van der Waals surface area contributed by atoms with Crippen molar-refractivity contribution >= 4 is 55.4 Å². The molecule has 1 aromatic rings. The van der Waals surface area contributed by atoms with E-state index in [-0.39, 0.29) is 5.92 Å². The lowest BCUT2D eigenvalue weighted by molar-refractivity contribution is -0.112. The summed E-state index contributed by atoms with van der Waals surface area (Å²) in [4.78, 5) is 18.5. The Bertz CT molecular complexity index is 502. The molecule has 2 atom stereocenters. The van der Waals surface area contributed by atoms with Crippen molar-refractivity contribution in [3.63, 3.8) is 0 Å². The second-order valence-electron chi connectivity index (χ2n) is 4.66. The molecule has 0 saturated carbocycles. The van der Waals surface area contributed by atoms with Crippen molar-refractivity contribution in [2.75, 3.05) is 14.1 Å². The molecule has 4 nitrogen and oxygen atoms in total. The van der Waals surface area contributed by atoms with E-state index in [1.807, 2.05) is 47.2 Å². The van der Waals surface area contributed by atoms with Crippen molar-refractivity contribution in [2.45, 2.75) is 33.2 Å². The van der Waals surface area contributed by atoms with Crippen LogP contribution in [-0.4, -0.2) is 31.2 Å². The number of aliphatic imine (C=N–C) groups is 1. The third-order valence-corrected chi connectivity index (χ3v) is 6.80. The molecule has 1 aromatic heterocycles. The molecule has 120 valence electrons. The van der Waals surface area contributed by atoms with Gasteiger partial charge in [-0.05, 0) is 38.8 Å². The van der Waals surface area contributed by atoms with Gasteiger partial charge >= 0.3 is 0 Å². The van der Waals surface area contributed by atoms with Gasteiger partial charge in [0.1, 0.15) is 11.8 Å². The molecule has 0 aromatic carbocycles. The summed E-state index contributed by atoms with van der Waals surface area (Å²) in [5.74, 6) is 0.112. The highest BCUT2D eigenvalue weighted by molar-refractivity contribution is 9.13. The lowest BCUT2D eigenvalue weighted by atomic mass is 9.87. The number of nitrogens with two attached hydrogens (primary N) is 1. The second kappa shape index (κ2) is 8.90. The number of carbonyl (C=O) groups excluding carboxylic acids is 1. The molecule has 0 radical (unpaired) electrons. The number of hydrogen-bond donors (Lipinski definition) is 1. The summed E-state index contributed by atoms with van der Waals surface area (Å²) in [5, 5.41) is 1.97. The van der Waals surface area contributed by atoms with E-state index < -0.39 is 5.54 Å². The van der Waals surface area contributed by atoms with Gasteiger partial charge in [0, 0.05) is 39.2 Å². The van der Waals surface area contributed by atoms with Crippen LogP contribution in [0.1, 0.15) is 32.6 Å². The Labute approximate surface area is 148 Å². The van der Waals surface area contributed by atoms with Gasteiger partial charge in [0.05, 0.1) is 0 Å². The summed E-state index contributed by atoms with van der Waals surface area (Å²) < 4.78 is 1.87. The molecule has 0 fully saturated rings. The average Bonchev–Trinajstić information content (AvgIpc) is 2.80. The van der Waals surface area contributed by atoms with Crippen molar-refractivity contribution in [2.24, 2.45) is 16.6 Å². The van der Waals surface area contributed by atoms with Gasteiger partial charge in [-0.15, -0.1) is 11.3 Å². The number of carbonyl (C=O) groups is 1. The van der Waals surface area contributed by atoms with Crippen LogP contribution in [0.2, 0.25) is 0 Å². The van der Waals surface area contributed by atoms with Gasteiger partial charge in [0.15, 0.2) is 5.96 Å². The first-order chi connectivity index (χ1) is 9.74. The molecule has 21 heavy (non-hydrogen) atoms. The number of rotatable bonds is 4. The molecule has 0 aliphatic heterocycles. The monoisotopic (exact) mass is 439 g/mol. The molecule has 0 saturated heterocycles. The Morgan fingerprint density at radius 2 is 2.00 bits per heavy atom. The average molecular weight is 441 g/mol. The van der Waals surface area contributed by atoms with E-state index in [0.29, 0.717) is 5.96 Å². The predicted octanol–water partition coefficient (Wildman–Crippen LogP) is 4.23. The largest absolute Gasteiger partial charge is 0.370 e. The fraction of sp³-hybridized carbons (Fsp3) is 0.571. The summed E-state index contributed by atoms with van der Waals surface area (Å²) in [5.41, 5.74) is 5.24. The van der Waals surface area contributed by atoms with Crippen LogP contribution < -0.4 is 5.73 Å². The highest BCUT2D eigenvalue weighted by Crippen LogP contribution is 2.44. The van der Waals surface area contributed by atoms with Crippen molar-refractivity contribution in [3.8, 4) is 0 Å². The van der Waals surface area contributed by atoms with E-state index in [9.17, 15) is 4.79 Å². The minimum Gasteiger partial charge on any atom is -0.370 e. The molecule has 7 heteroatoms. The number of thiophene rings is 1. The number of nitrogens with zero attached hydrogens (tertiary/aromatic N) is 2. The minimum absolute atomic E-state index is 0.284. The molecule has 2 unspecified atom stereocenters. The summed E-state index contributed by atoms with van der Waals surface area (Å²) in [6, 6.07) is 0. The molecule has 0 aliphatic carbocycles. The molecule has 2 N–H and O–H groups in total. The summed E-state index contributed by atoms with van der Waals surface area (Å²) >= 11 is 8.54. The first-order valence-corrected chi connectivity index (χ1v) is 9.11. The quantitative estimate of drug-likeness (QED) is 0.433. The highest BCUT2D eigenvalue weighted by Gasteiger charge is 2.37. The summed E-state index contributed by atoms with van der Waals surface area (Å²) in [6.07, 6.45) is 0.909. The van der Waals surface area contributed by atoms with Crippen LogP contribution in [0.25, 0.3) is 0 Å². The first-order valence-electron chi connectivity index (χ1n) is 6.65. The number of hydrogen-bond acceptors (Lipinski definition) is 3. The van der Waals surface area contributed by atoms with Crippen LogP contribution in [0, 0.1) is 5.92 Å². The van der Waals surface area contributed by atoms with E-state index >= 15 is 0 Å². The van der Waals surface area contributed by atoms with Crippen LogP contribution in [0.4, 0.5) is 0 Å². The van der Waals surface area contributed by atoms with Gasteiger partial charge in [-0.3, -0.25) is 0 Å². The third-order valence-electron chi connectivity index (χ3n) is 3.04. The Morgan fingerprint density at radius 1 is 1.48 bits per heavy atom. The van der Waals surface area contributed by atoms with Crippen molar-refractivity contribution in [1.29, 1.82) is 0 Å². The lowest BCUT2D eigenvalue weighted by Crippen LogP contribution is -2.37. The third kappa shape index (κ3) is 4.79. The maximum absolute atomic E-state index is 11.2. The normalized spacial score (nSPS) is 15.5. The topological polar surface area (TPSA) is 58.7 Å². The standard InChI is InChI=1S/C12H17Br2N3OS.C2H6/c1-7(5-18)12(2,16-11(15)17(3)4)10-9(14)8(13)6-19-10;1-2/h5-7H,1-4H3,(H2,15,16);1-2H3. The van der Waals surface area contributed by atoms with Crippen molar-refractivity contribution < 1.29 is 4.79 Å². The second-order valence-corrected chi connectivity index (χ2v) is 7.19. The number of halogens is 2. The Morgan fingerprint density at radius 3 is 2.33 bits per heavy atom. The van der Waals surface area contributed by atoms with Crippen LogP contribution in [0.3, 0.4) is 0 Å². The Kier molecular flexibility index (Phi) is 8.73. The Hall–Kier alpha value is -0.400.